The minimum atomic E-state index is -0.605. The molecule has 7 heteroatoms. The molecule has 1 heterocycles. The van der Waals surface area contributed by atoms with E-state index in [1.807, 2.05) is 19.2 Å². The second-order valence-corrected chi connectivity index (χ2v) is 5.19. The largest absolute Gasteiger partial charge is 0.409 e. The maximum absolute atomic E-state index is 11.9. The molecule has 18 heavy (non-hydrogen) atoms. The maximum atomic E-state index is 11.9. The van der Waals surface area contributed by atoms with Crippen LogP contribution in [0.5, 0.6) is 0 Å². The van der Waals surface area contributed by atoms with Gasteiger partial charge in [0.15, 0.2) is 5.84 Å². The zero-order valence-corrected chi connectivity index (χ0v) is 11.3. The van der Waals surface area contributed by atoms with Gasteiger partial charge in [-0.15, -0.1) is 11.3 Å². The number of carbonyl (C=O) groups excluding carboxylic acids is 1. The Labute approximate surface area is 110 Å². The molecule has 1 aromatic heterocycles. The Morgan fingerprint density at radius 1 is 1.67 bits per heavy atom. The predicted molar refractivity (Wildman–Crippen MR) is 70.6 cm³/mol. The quantitative estimate of drug-likeness (QED) is 0.308. The number of hydrogen-bond acceptors (Lipinski definition) is 5. The van der Waals surface area contributed by atoms with Crippen LogP contribution < -0.4 is 11.1 Å². The van der Waals surface area contributed by atoms with Gasteiger partial charge in [0, 0.05) is 24.5 Å². The Balaban J connectivity index is 2.47. The van der Waals surface area contributed by atoms with Gasteiger partial charge >= 0.3 is 0 Å². The third-order valence-electron chi connectivity index (χ3n) is 2.50. The van der Waals surface area contributed by atoms with E-state index >= 15 is 0 Å². The summed E-state index contributed by atoms with van der Waals surface area (Å²) >= 11 is 1.55. The van der Waals surface area contributed by atoms with E-state index in [9.17, 15) is 4.79 Å². The molecule has 0 fully saturated rings. The van der Waals surface area contributed by atoms with Gasteiger partial charge in [0.25, 0.3) is 0 Å². The fourth-order valence-corrected chi connectivity index (χ4v) is 2.24. The molecule has 0 radical (unpaired) electrons. The van der Waals surface area contributed by atoms with Gasteiger partial charge < -0.3 is 16.3 Å². The number of carbonyl (C=O) groups is 1. The van der Waals surface area contributed by atoms with Crippen molar-refractivity contribution in [1.29, 1.82) is 0 Å². The average Bonchev–Trinajstić information content (AvgIpc) is 2.81. The molecular formula is C11H18N4O2S. The smallest absolute Gasteiger partial charge is 0.231 e. The summed E-state index contributed by atoms with van der Waals surface area (Å²) in [5, 5.41) is 17.2. The monoisotopic (exact) mass is 270 g/mol. The second kappa shape index (κ2) is 6.95. The average molecular weight is 270 g/mol. The molecule has 0 aliphatic rings. The first kappa shape index (κ1) is 14.4. The van der Waals surface area contributed by atoms with Gasteiger partial charge in [0.05, 0.1) is 5.01 Å². The molecule has 1 atom stereocenters. The van der Waals surface area contributed by atoms with Crippen molar-refractivity contribution in [3.05, 3.63) is 16.6 Å². The standard InChI is InChI=1S/C11H18N4O2S/c1-7(2)9(10(12)15-17)11(16)14-4-3-8-13-5-6-18-8/h5-7,9,17H,3-4H2,1-2H3,(H2,12,15)(H,14,16). The lowest BCUT2D eigenvalue weighted by Crippen LogP contribution is -2.42. The van der Waals surface area contributed by atoms with E-state index in [1.165, 1.54) is 0 Å². The summed E-state index contributed by atoms with van der Waals surface area (Å²) in [6.07, 6.45) is 2.42. The zero-order valence-electron chi connectivity index (χ0n) is 10.5. The lowest BCUT2D eigenvalue weighted by Gasteiger charge is -2.18. The van der Waals surface area contributed by atoms with Crippen LogP contribution in [0.3, 0.4) is 0 Å². The van der Waals surface area contributed by atoms with Gasteiger partial charge in [-0.25, -0.2) is 4.98 Å². The van der Waals surface area contributed by atoms with E-state index in [0.29, 0.717) is 13.0 Å². The minimum Gasteiger partial charge on any atom is -0.409 e. The summed E-state index contributed by atoms with van der Waals surface area (Å²) in [6, 6.07) is 0. The van der Waals surface area contributed by atoms with Crippen molar-refractivity contribution in [3.8, 4) is 0 Å². The molecule has 0 aliphatic heterocycles. The van der Waals surface area contributed by atoms with E-state index in [4.69, 9.17) is 10.9 Å². The molecule has 6 nitrogen and oxygen atoms in total. The molecule has 1 amide bonds. The van der Waals surface area contributed by atoms with Crippen LogP contribution in [0.2, 0.25) is 0 Å². The number of amidine groups is 1. The number of hydrogen-bond donors (Lipinski definition) is 3. The van der Waals surface area contributed by atoms with Crippen molar-refractivity contribution in [2.75, 3.05) is 6.54 Å². The summed E-state index contributed by atoms with van der Waals surface area (Å²) in [5.41, 5.74) is 5.51. The lowest BCUT2D eigenvalue weighted by molar-refractivity contribution is -0.124. The Hall–Kier alpha value is -1.63. The SMILES string of the molecule is CC(C)C(C(=O)NCCc1nccs1)C(N)=NO. The Morgan fingerprint density at radius 2 is 2.39 bits per heavy atom. The molecule has 4 N–H and O–H groups in total. The summed E-state index contributed by atoms with van der Waals surface area (Å²) < 4.78 is 0. The first-order valence-corrected chi connectivity index (χ1v) is 6.57. The van der Waals surface area contributed by atoms with Crippen LogP contribution in [-0.4, -0.2) is 28.5 Å². The predicted octanol–water partition coefficient (Wildman–Crippen LogP) is 0.820. The highest BCUT2D eigenvalue weighted by Crippen LogP contribution is 2.11. The molecule has 0 bridgehead atoms. The van der Waals surface area contributed by atoms with Crippen LogP contribution in [0.15, 0.2) is 16.7 Å². The molecule has 0 aliphatic carbocycles. The molecule has 0 spiro atoms. The van der Waals surface area contributed by atoms with Crippen LogP contribution in [0.1, 0.15) is 18.9 Å². The van der Waals surface area contributed by atoms with E-state index in [1.54, 1.807) is 17.5 Å². The summed E-state index contributed by atoms with van der Waals surface area (Å²) in [6.45, 7) is 4.19. The number of aromatic nitrogens is 1. The lowest BCUT2D eigenvalue weighted by atomic mass is 9.94. The number of rotatable bonds is 6. The van der Waals surface area contributed by atoms with Crippen molar-refractivity contribution >= 4 is 23.1 Å². The highest BCUT2D eigenvalue weighted by Gasteiger charge is 2.26. The van der Waals surface area contributed by atoms with Crippen molar-refractivity contribution in [2.24, 2.45) is 22.7 Å². The summed E-state index contributed by atoms with van der Waals surface area (Å²) in [5.74, 6) is -0.916. The Kier molecular flexibility index (Phi) is 5.57. The number of oxime groups is 1. The molecule has 0 saturated heterocycles. The maximum Gasteiger partial charge on any atom is 0.231 e. The second-order valence-electron chi connectivity index (χ2n) is 4.21. The highest BCUT2D eigenvalue weighted by atomic mass is 32.1. The van der Waals surface area contributed by atoms with Crippen molar-refractivity contribution in [2.45, 2.75) is 20.3 Å². The normalized spacial score (nSPS) is 13.6. The van der Waals surface area contributed by atoms with Crippen LogP contribution in [0.4, 0.5) is 0 Å². The molecular weight excluding hydrogens is 252 g/mol. The third kappa shape index (κ3) is 3.99. The molecule has 1 rings (SSSR count). The number of amides is 1. The Bertz CT molecular complexity index is 403. The van der Waals surface area contributed by atoms with Gasteiger partial charge in [-0.05, 0) is 5.92 Å². The fourth-order valence-electron chi connectivity index (χ4n) is 1.62. The molecule has 1 unspecified atom stereocenters. The van der Waals surface area contributed by atoms with Crippen molar-refractivity contribution in [1.82, 2.24) is 10.3 Å². The Morgan fingerprint density at radius 3 is 2.89 bits per heavy atom. The fraction of sp³-hybridized carbons (Fsp3) is 0.545. The molecule has 100 valence electrons. The first-order chi connectivity index (χ1) is 8.56. The van der Waals surface area contributed by atoms with Crippen molar-refractivity contribution in [3.63, 3.8) is 0 Å². The minimum absolute atomic E-state index is 0.0271. The zero-order chi connectivity index (χ0) is 13.5. The third-order valence-corrected chi connectivity index (χ3v) is 3.34. The number of nitrogens with zero attached hydrogens (tertiary/aromatic N) is 2. The van der Waals surface area contributed by atoms with Crippen LogP contribution in [0, 0.1) is 11.8 Å². The van der Waals surface area contributed by atoms with E-state index < -0.39 is 5.92 Å². The molecule has 0 saturated carbocycles. The number of thiazole rings is 1. The van der Waals surface area contributed by atoms with Crippen molar-refractivity contribution < 1.29 is 10.0 Å². The van der Waals surface area contributed by atoms with Gasteiger partial charge in [-0.2, -0.15) is 0 Å². The summed E-state index contributed by atoms with van der Waals surface area (Å²) in [7, 11) is 0. The van der Waals surface area contributed by atoms with Crippen LogP contribution in [0.25, 0.3) is 0 Å². The molecule has 0 aromatic carbocycles. The van der Waals surface area contributed by atoms with Gasteiger partial charge in [-0.3, -0.25) is 4.79 Å². The topological polar surface area (TPSA) is 101 Å². The van der Waals surface area contributed by atoms with E-state index in [0.717, 1.165) is 5.01 Å². The van der Waals surface area contributed by atoms with Gasteiger partial charge in [0.1, 0.15) is 5.92 Å². The number of nitrogens with one attached hydrogen (secondary N) is 1. The molecule has 1 aromatic rings. The van der Waals surface area contributed by atoms with E-state index in [-0.39, 0.29) is 17.7 Å². The van der Waals surface area contributed by atoms with Crippen LogP contribution >= 0.6 is 11.3 Å². The highest BCUT2D eigenvalue weighted by molar-refractivity contribution is 7.09. The first-order valence-electron chi connectivity index (χ1n) is 5.69. The van der Waals surface area contributed by atoms with Gasteiger partial charge in [0.2, 0.25) is 5.91 Å². The number of nitrogens with two attached hydrogens (primary N) is 1. The van der Waals surface area contributed by atoms with E-state index in [2.05, 4.69) is 15.5 Å². The van der Waals surface area contributed by atoms with Gasteiger partial charge in [-0.1, -0.05) is 19.0 Å². The van der Waals surface area contributed by atoms with Crippen LogP contribution in [-0.2, 0) is 11.2 Å². The summed E-state index contributed by atoms with van der Waals surface area (Å²) in [4.78, 5) is 16.0.